The molecule has 1 aromatic heterocycles. The van der Waals surface area contributed by atoms with Gasteiger partial charge in [0.15, 0.2) is 22.3 Å². The summed E-state index contributed by atoms with van der Waals surface area (Å²) in [5, 5.41) is 26.2. The van der Waals surface area contributed by atoms with E-state index in [9.17, 15) is 31.5 Å². The number of halogens is 3. The molecular formula is C27H28F3N5O5S. The fourth-order valence-electron chi connectivity index (χ4n) is 3.97. The zero-order valence-electron chi connectivity index (χ0n) is 21.9. The van der Waals surface area contributed by atoms with Gasteiger partial charge in [-0.2, -0.15) is 18.4 Å². The zero-order chi connectivity index (χ0) is 30.0. The average Bonchev–Trinajstić information content (AvgIpc) is 2.91. The minimum atomic E-state index is -4.63. The van der Waals surface area contributed by atoms with Crippen LogP contribution >= 0.6 is 0 Å². The molecule has 0 fully saturated rings. The Bertz CT molecular complexity index is 1460. The van der Waals surface area contributed by atoms with Gasteiger partial charge in [-0.1, -0.05) is 13.0 Å². The van der Waals surface area contributed by atoms with E-state index in [4.69, 9.17) is 10.00 Å². The van der Waals surface area contributed by atoms with Crippen molar-refractivity contribution in [2.75, 3.05) is 17.6 Å². The van der Waals surface area contributed by atoms with Crippen molar-refractivity contribution in [3.8, 4) is 11.9 Å². The Morgan fingerprint density at radius 3 is 2.49 bits per heavy atom. The number of hydrogen-bond donors (Lipinski definition) is 4. The summed E-state index contributed by atoms with van der Waals surface area (Å²) >= 11 is 0. The molecule has 0 spiro atoms. The maximum Gasteiger partial charge on any atom is 0.416 e. The number of hydrogen-bond acceptors (Lipinski definition) is 9. The van der Waals surface area contributed by atoms with E-state index in [1.54, 1.807) is 25.2 Å². The Hall–Kier alpha value is -4.35. The molecule has 0 saturated heterocycles. The van der Waals surface area contributed by atoms with E-state index in [1.165, 1.54) is 42.7 Å². The fourth-order valence-corrected chi connectivity index (χ4v) is 5.55. The maximum atomic E-state index is 13.5. The molecule has 4 N–H and O–H groups in total. The first-order valence-corrected chi connectivity index (χ1v) is 14.0. The third kappa shape index (κ3) is 9.37. The molecule has 2 aromatic carbocycles. The highest BCUT2D eigenvalue weighted by atomic mass is 32.2. The number of pyridine rings is 1. The van der Waals surface area contributed by atoms with E-state index in [1.807, 2.05) is 0 Å². The van der Waals surface area contributed by atoms with Crippen molar-refractivity contribution in [2.45, 2.75) is 43.2 Å². The summed E-state index contributed by atoms with van der Waals surface area (Å²) in [6.45, 7) is 1.95. The Balaban J connectivity index is 1.75. The molecule has 0 saturated carbocycles. The summed E-state index contributed by atoms with van der Waals surface area (Å²) < 4.78 is 72.3. The van der Waals surface area contributed by atoms with E-state index in [2.05, 4.69) is 20.9 Å². The van der Waals surface area contributed by atoms with Crippen molar-refractivity contribution in [1.29, 1.82) is 5.26 Å². The third-order valence-electron chi connectivity index (χ3n) is 5.83. The number of aromatic nitrogens is 1. The molecule has 14 heteroatoms. The Labute approximate surface area is 235 Å². The predicted molar refractivity (Wildman–Crippen MR) is 143 cm³/mol. The number of benzene rings is 2. The Morgan fingerprint density at radius 2 is 1.90 bits per heavy atom. The first kappa shape index (κ1) is 31.2. The normalized spacial score (nSPS) is 13.0. The molecule has 0 aliphatic carbocycles. The lowest BCUT2D eigenvalue weighted by molar-refractivity contribution is -0.138. The summed E-state index contributed by atoms with van der Waals surface area (Å²) in [4.78, 5) is 15.2. The van der Waals surface area contributed by atoms with Gasteiger partial charge in [-0.15, -0.1) is 0 Å². The SMILES string of the molecule is CCNC(NC#N)Nc1cc(COc2ccc(S(=O)(=O)CC(CC(=O)O)c3cccnc3)cc2)cc(C(F)(F)F)c1. The summed E-state index contributed by atoms with van der Waals surface area (Å²) in [6.07, 6.45) is -1.18. The molecule has 0 aliphatic heterocycles. The molecule has 0 bridgehead atoms. The second-order valence-electron chi connectivity index (χ2n) is 8.93. The number of nitrogens with zero attached hydrogens (tertiary/aromatic N) is 2. The van der Waals surface area contributed by atoms with Gasteiger partial charge < -0.3 is 15.2 Å². The number of alkyl halides is 3. The lowest BCUT2D eigenvalue weighted by atomic mass is 10.00. The van der Waals surface area contributed by atoms with Crippen LogP contribution in [0.15, 0.2) is 71.9 Å². The van der Waals surface area contributed by atoms with Gasteiger partial charge in [0.1, 0.15) is 12.4 Å². The van der Waals surface area contributed by atoms with Crippen molar-refractivity contribution in [3.05, 3.63) is 83.7 Å². The number of rotatable bonds is 14. The standard InChI is InChI=1S/C27H28F3N5O5S/c1-2-33-26(34-17-31)35-22-11-18(10-21(13-22)27(28,29)30)15-40-23-5-7-24(8-6-23)41(38,39)16-20(12-25(36)37)19-4-3-9-32-14-19/h3-11,13-14,20,26,33-35H,2,12,15-16H2,1H3,(H,36,37). The van der Waals surface area contributed by atoms with Crippen LogP contribution < -0.4 is 20.7 Å². The molecule has 10 nitrogen and oxygen atoms in total. The number of carboxylic acids is 1. The number of carboxylic acid groups (broad SMARTS) is 1. The number of nitrogens with one attached hydrogen (secondary N) is 3. The van der Waals surface area contributed by atoms with Gasteiger partial charge in [-0.3, -0.25) is 20.4 Å². The third-order valence-corrected chi connectivity index (χ3v) is 7.67. The van der Waals surface area contributed by atoms with Crippen LogP contribution in [0.4, 0.5) is 18.9 Å². The molecular weight excluding hydrogens is 563 g/mol. The molecule has 1 heterocycles. The van der Waals surface area contributed by atoms with Gasteiger partial charge in [0.2, 0.25) is 0 Å². The van der Waals surface area contributed by atoms with Crippen LogP contribution in [0.2, 0.25) is 0 Å². The van der Waals surface area contributed by atoms with Gasteiger partial charge >= 0.3 is 12.1 Å². The lowest BCUT2D eigenvalue weighted by Gasteiger charge is -2.20. The van der Waals surface area contributed by atoms with Crippen molar-refractivity contribution in [2.24, 2.45) is 0 Å². The van der Waals surface area contributed by atoms with Crippen molar-refractivity contribution >= 4 is 21.5 Å². The summed E-state index contributed by atoms with van der Waals surface area (Å²) in [5.41, 5.74) is -0.162. The van der Waals surface area contributed by atoms with Crippen molar-refractivity contribution in [1.82, 2.24) is 15.6 Å². The van der Waals surface area contributed by atoms with Crippen LogP contribution in [0.3, 0.4) is 0 Å². The second-order valence-corrected chi connectivity index (χ2v) is 11.0. The summed E-state index contributed by atoms with van der Waals surface area (Å²) in [7, 11) is -3.90. The molecule has 2 unspecified atom stereocenters. The van der Waals surface area contributed by atoms with Gasteiger partial charge in [0.05, 0.1) is 22.6 Å². The summed E-state index contributed by atoms with van der Waals surface area (Å²) in [6, 6.07) is 11.8. The van der Waals surface area contributed by atoms with E-state index in [0.29, 0.717) is 12.1 Å². The molecule has 0 aliphatic rings. The number of ether oxygens (including phenoxy) is 1. The van der Waals surface area contributed by atoms with Crippen LogP contribution in [-0.4, -0.2) is 43.1 Å². The quantitative estimate of drug-likeness (QED) is 0.122. The number of carbonyl (C=O) groups is 1. The minimum absolute atomic E-state index is 0.0610. The number of anilines is 1. The van der Waals surface area contributed by atoms with E-state index in [0.717, 1.165) is 12.1 Å². The van der Waals surface area contributed by atoms with Crippen LogP contribution in [0.5, 0.6) is 5.75 Å². The topological polar surface area (TPSA) is 153 Å². The van der Waals surface area contributed by atoms with Gasteiger partial charge in [-0.05, 0) is 66.2 Å². The molecule has 41 heavy (non-hydrogen) atoms. The van der Waals surface area contributed by atoms with Crippen LogP contribution in [0.25, 0.3) is 0 Å². The van der Waals surface area contributed by atoms with Gasteiger partial charge in [0, 0.05) is 24.0 Å². The zero-order valence-corrected chi connectivity index (χ0v) is 22.7. The van der Waals surface area contributed by atoms with Crippen molar-refractivity contribution < 1.29 is 36.2 Å². The van der Waals surface area contributed by atoms with Crippen molar-refractivity contribution in [3.63, 3.8) is 0 Å². The highest BCUT2D eigenvalue weighted by Gasteiger charge is 2.31. The highest BCUT2D eigenvalue weighted by Crippen LogP contribution is 2.33. The maximum absolute atomic E-state index is 13.5. The molecule has 218 valence electrons. The van der Waals surface area contributed by atoms with E-state index in [-0.39, 0.29) is 28.5 Å². The second kappa shape index (κ2) is 13.8. The monoisotopic (exact) mass is 591 g/mol. The minimum Gasteiger partial charge on any atom is -0.489 e. The fraction of sp³-hybridized carbons (Fsp3) is 0.296. The molecule has 0 amide bonds. The van der Waals surface area contributed by atoms with Crippen LogP contribution in [0.1, 0.15) is 36.0 Å². The number of aliphatic carboxylic acids is 1. The van der Waals surface area contributed by atoms with Gasteiger partial charge in [0.25, 0.3) is 0 Å². The largest absolute Gasteiger partial charge is 0.489 e. The first-order chi connectivity index (χ1) is 19.4. The van der Waals surface area contributed by atoms with Crippen LogP contribution in [-0.2, 0) is 27.4 Å². The van der Waals surface area contributed by atoms with E-state index < -0.39 is 51.9 Å². The number of sulfone groups is 1. The smallest absolute Gasteiger partial charge is 0.416 e. The summed E-state index contributed by atoms with van der Waals surface area (Å²) in [5.74, 6) is -2.22. The lowest BCUT2D eigenvalue weighted by Crippen LogP contribution is -2.46. The average molecular weight is 592 g/mol. The van der Waals surface area contributed by atoms with E-state index >= 15 is 0 Å². The Morgan fingerprint density at radius 1 is 1.17 bits per heavy atom. The van der Waals surface area contributed by atoms with Gasteiger partial charge in [-0.25, -0.2) is 8.42 Å². The van der Waals surface area contributed by atoms with Crippen LogP contribution in [0, 0.1) is 11.5 Å². The molecule has 3 aromatic rings. The Kier molecular flexibility index (Phi) is 10.5. The molecule has 3 rings (SSSR count). The predicted octanol–water partition coefficient (Wildman–Crippen LogP) is 4.09. The number of nitriles is 1. The first-order valence-electron chi connectivity index (χ1n) is 12.3. The molecule has 0 radical (unpaired) electrons. The highest BCUT2D eigenvalue weighted by molar-refractivity contribution is 7.91. The molecule has 2 atom stereocenters.